The van der Waals surface area contributed by atoms with Gasteiger partial charge in [0.25, 0.3) is 11.8 Å². The number of ether oxygens (including phenoxy) is 1. The maximum atomic E-state index is 12.9. The summed E-state index contributed by atoms with van der Waals surface area (Å²) in [6.07, 6.45) is 3.00. The van der Waals surface area contributed by atoms with Gasteiger partial charge in [0.05, 0.1) is 19.4 Å². The zero-order chi connectivity index (χ0) is 20.6. The largest absolute Gasteiger partial charge is 0.497 e. The first-order valence-corrected chi connectivity index (χ1v) is 9.13. The first-order valence-electron chi connectivity index (χ1n) is 9.13. The van der Waals surface area contributed by atoms with Crippen LogP contribution in [0.2, 0.25) is 0 Å². The summed E-state index contributed by atoms with van der Waals surface area (Å²) in [5.41, 5.74) is 1.45. The van der Waals surface area contributed by atoms with Gasteiger partial charge in [-0.1, -0.05) is 30.3 Å². The van der Waals surface area contributed by atoms with Gasteiger partial charge < -0.3 is 19.8 Å². The van der Waals surface area contributed by atoms with Crippen LogP contribution in [-0.4, -0.2) is 18.9 Å². The minimum Gasteiger partial charge on any atom is -0.497 e. The van der Waals surface area contributed by atoms with E-state index in [1.54, 1.807) is 43.5 Å². The van der Waals surface area contributed by atoms with Crippen LogP contribution in [0.25, 0.3) is 6.08 Å². The van der Waals surface area contributed by atoms with Crippen molar-refractivity contribution in [3.63, 3.8) is 0 Å². The van der Waals surface area contributed by atoms with Gasteiger partial charge >= 0.3 is 0 Å². The van der Waals surface area contributed by atoms with Crippen molar-refractivity contribution in [2.75, 3.05) is 7.11 Å². The summed E-state index contributed by atoms with van der Waals surface area (Å²) in [5.74, 6) is 0.395. The molecule has 0 aliphatic heterocycles. The van der Waals surface area contributed by atoms with Crippen molar-refractivity contribution in [1.29, 1.82) is 0 Å². The van der Waals surface area contributed by atoms with Crippen molar-refractivity contribution in [3.05, 3.63) is 95.6 Å². The molecule has 0 radical (unpaired) electrons. The monoisotopic (exact) mass is 390 g/mol. The maximum absolute atomic E-state index is 12.9. The van der Waals surface area contributed by atoms with Crippen molar-refractivity contribution in [2.24, 2.45) is 0 Å². The lowest BCUT2D eigenvalue weighted by molar-refractivity contribution is -0.118. The Hall–Kier alpha value is -3.80. The molecule has 1 atom stereocenters. The predicted molar refractivity (Wildman–Crippen MR) is 110 cm³/mol. The lowest BCUT2D eigenvalue weighted by atomic mass is 10.1. The van der Waals surface area contributed by atoms with E-state index < -0.39 is 5.91 Å². The van der Waals surface area contributed by atoms with Gasteiger partial charge in [0.15, 0.2) is 0 Å². The zero-order valence-electron chi connectivity index (χ0n) is 16.2. The first-order chi connectivity index (χ1) is 14.1. The normalized spacial score (nSPS) is 12.1. The van der Waals surface area contributed by atoms with E-state index in [2.05, 4.69) is 10.6 Å². The Bertz CT molecular complexity index is 977. The topological polar surface area (TPSA) is 80.6 Å². The zero-order valence-corrected chi connectivity index (χ0v) is 16.2. The Balaban J connectivity index is 1.77. The molecule has 0 saturated heterocycles. The highest BCUT2D eigenvalue weighted by Crippen LogP contribution is 2.18. The smallest absolute Gasteiger partial charge is 0.268 e. The molecule has 0 aliphatic rings. The minimum atomic E-state index is -0.422. The summed E-state index contributed by atoms with van der Waals surface area (Å²) in [4.78, 5) is 25.4. The van der Waals surface area contributed by atoms with Crippen LogP contribution in [0.15, 0.2) is 83.1 Å². The Morgan fingerprint density at radius 1 is 1.00 bits per heavy atom. The molecule has 2 amide bonds. The predicted octanol–water partition coefficient (Wildman–Crippen LogP) is 3.94. The van der Waals surface area contributed by atoms with Crippen molar-refractivity contribution >= 4 is 17.9 Å². The molecule has 0 bridgehead atoms. The molecule has 0 fully saturated rings. The van der Waals surface area contributed by atoms with Crippen LogP contribution in [0.5, 0.6) is 5.75 Å². The number of hydrogen-bond acceptors (Lipinski definition) is 4. The Morgan fingerprint density at radius 2 is 1.72 bits per heavy atom. The van der Waals surface area contributed by atoms with Gasteiger partial charge in [-0.3, -0.25) is 9.59 Å². The van der Waals surface area contributed by atoms with Crippen molar-refractivity contribution in [2.45, 2.75) is 13.0 Å². The lowest BCUT2D eigenvalue weighted by Gasteiger charge is -2.17. The van der Waals surface area contributed by atoms with Gasteiger partial charge in [0.1, 0.15) is 17.2 Å². The molecule has 1 heterocycles. The average Bonchev–Trinajstić information content (AvgIpc) is 3.27. The molecule has 0 saturated carbocycles. The molecule has 3 rings (SSSR count). The quantitative estimate of drug-likeness (QED) is 0.599. The standard InChI is InChI=1S/C23H22N2O4/c1-16(17-10-12-19(28-2)13-11-17)24-23(27)21(15-20-9-6-14-29-20)25-22(26)18-7-4-3-5-8-18/h3-16H,1-2H3,(H,24,27)(H,25,26)/b21-15-. The molecule has 3 aromatic rings. The molecule has 148 valence electrons. The number of amides is 2. The number of hydrogen-bond donors (Lipinski definition) is 2. The molecule has 6 nitrogen and oxygen atoms in total. The highest BCUT2D eigenvalue weighted by atomic mass is 16.5. The second kappa shape index (κ2) is 9.41. The van der Waals surface area contributed by atoms with Crippen LogP contribution in [0.3, 0.4) is 0 Å². The summed E-state index contributed by atoms with van der Waals surface area (Å²) in [5, 5.41) is 5.58. The Kier molecular flexibility index (Phi) is 6.47. The third kappa shape index (κ3) is 5.35. The van der Waals surface area contributed by atoms with Gasteiger partial charge in [-0.05, 0) is 48.9 Å². The van der Waals surface area contributed by atoms with E-state index in [1.165, 1.54) is 12.3 Å². The second-order valence-corrected chi connectivity index (χ2v) is 6.36. The fourth-order valence-corrected chi connectivity index (χ4v) is 2.71. The van der Waals surface area contributed by atoms with E-state index in [0.29, 0.717) is 11.3 Å². The number of methoxy groups -OCH3 is 1. The molecule has 1 unspecified atom stereocenters. The summed E-state index contributed by atoms with van der Waals surface area (Å²) in [6.45, 7) is 1.86. The van der Waals surface area contributed by atoms with Gasteiger partial charge in [0.2, 0.25) is 0 Å². The molecular weight excluding hydrogens is 368 g/mol. The molecule has 29 heavy (non-hydrogen) atoms. The SMILES string of the molecule is COc1ccc(C(C)NC(=O)/C(=C/c2ccco2)NC(=O)c2ccccc2)cc1. The minimum absolute atomic E-state index is 0.0918. The summed E-state index contributed by atoms with van der Waals surface area (Å²) in [6, 6.07) is 19.2. The highest BCUT2D eigenvalue weighted by Gasteiger charge is 2.18. The van der Waals surface area contributed by atoms with E-state index in [0.717, 1.165) is 11.3 Å². The Morgan fingerprint density at radius 3 is 2.34 bits per heavy atom. The molecule has 2 N–H and O–H groups in total. The maximum Gasteiger partial charge on any atom is 0.268 e. The van der Waals surface area contributed by atoms with E-state index >= 15 is 0 Å². The number of furan rings is 1. The van der Waals surface area contributed by atoms with Gasteiger partial charge in [-0.15, -0.1) is 0 Å². The average molecular weight is 390 g/mol. The van der Waals surface area contributed by atoms with Crippen molar-refractivity contribution in [1.82, 2.24) is 10.6 Å². The number of carbonyl (C=O) groups is 2. The van der Waals surface area contributed by atoms with Gasteiger partial charge in [-0.25, -0.2) is 0 Å². The van der Waals surface area contributed by atoms with Crippen LogP contribution in [0, 0.1) is 0 Å². The van der Waals surface area contributed by atoms with Crippen LogP contribution in [0.4, 0.5) is 0 Å². The number of carbonyl (C=O) groups excluding carboxylic acids is 2. The van der Waals surface area contributed by atoms with Crippen LogP contribution in [0.1, 0.15) is 34.6 Å². The number of nitrogens with one attached hydrogen (secondary N) is 2. The summed E-state index contributed by atoms with van der Waals surface area (Å²) >= 11 is 0. The first kappa shape index (κ1) is 19.9. The molecule has 1 aromatic heterocycles. The fourth-order valence-electron chi connectivity index (χ4n) is 2.71. The second-order valence-electron chi connectivity index (χ2n) is 6.36. The van der Waals surface area contributed by atoms with E-state index in [4.69, 9.17) is 9.15 Å². The number of benzene rings is 2. The molecule has 0 aliphatic carbocycles. The van der Waals surface area contributed by atoms with Crippen molar-refractivity contribution < 1.29 is 18.7 Å². The lowest BCUT2D eigenvalue weighted by Crippen LogP contribution is -2.36. The Labute approximate surface area is 169 Å². The summed E-state index contributed by atoms with van der Waals surface area (Å²) < 4.78 is 10.5. The summed E-state index contributed by atoms with van der Waals surface area (Å²) in [7, 11) is 1.60. The van der Waals surface area contributed by atoms with E-state index in [-0.39, 0.29) is 17.6 Å². The van der Waals surface area contributed by atoms with E-state index in [9.17, 15) is 9.59 Å². The fraction of sp³-hybridized carbons (Fsp3) is 0.130. The van der Waals surface area contributed by atoms with Crippen LogP contribution in [-0.2, 0) is 4.79 Å². The van der Waals surface area contributed by atoms with Gasteiger partial charge in [-0.2, -0.15) is 0 Å². The molecule has 2 aromatic carbocycles. The van der Waals surface area contributed by atoms with Gasteiger partial charge in [0, 0.05) is 11.6 Å². The van der Waals surface area contributed by atoms with Crippen LogP contribution >= 0.6 is 0 Å². The molecular formula is C23H22N2O4. The van der Waals surface area contributed by atoms with E-state index in [1.807, 2.05) is 37.3 Å². The third-order valence-corrected chi connectivity index (χ3v) is 4.32. The number of rotatable bonds is 7. The molecule has 6 heteroatoms. The highest BCUT2D eigenvalue weighted by molar-refractivity contribution is 6.05. The third-order valence-electron chi connectivity index (χ3n) is 4.32. The van der Waals surface area contributed by atoms with Crippen molar-refractivity contribution in [3.8, 4) is 5.75 Å². The molecule has 0 spiro atoms. The van der Waals surface area contributed by atoms with Crippen LogP contribution < -0.4 is 15.4 Å².